The van der Waals surface area contributed by atoms with Gasteiger partial charge < -0.3 is 0 Å². The number of anilines is 1. The highest BCUT2D eigenvalue weighted by molar-refractivity contribution is 9.10. The summed E-state index contributed by atoms with van der Waals surface area (Å²) in [7, 11) is 1.33. The van der Waals surface area contributed by atoms with Crippen LogP contribution in [0, 0.1) is 12.7 Å². The lowest BCUT2D eigenvalue weighted by Gasteiger charge is -2.02. The molecule has 0 aliphatic heterocycles. The van der Waals surface area contributed by atoms with Gasteiger partial charge in [-0.2, -0.15) is 0 Å². The van der Waals surface area contributed by atoms with Crippen LogP contribution in [0.25, 0.3) is 0 Å². The Morgan fingerprint density at radius 1 is 1.48 bits per heavy atom. The van der Waals surface area contributed by atoms with E-state index in [2.05, 4.69) is 26.2 Å². The molecule has 0 atom stereocenters. The molecule has 0 saturated heterocycles. The van der Waals surface area contributed by atoms with Gasteiger partial charge in [-0.05, 0) is 41.1 Å². The Kier molecular flexibility index (Phi) is 4.66. The van der Waals surface area contributed by atoms with Crippen molar-refractivity contribution in [3.63, 3.8) is 0 Å². The van der Waals surface area contributed by atoms with Gasteiger partial charge in [0.05, 0.1) is 10.2 Å². The van der Waals surface area contributed by atoms with E-state index in [-0.39, 0.29) is 25.1 Å². The molecule has 112 valence electrons. The minimum absolute atomic E-state index is 0.0695. The average molecular weight is 414 g/mol. The summed E-state index contributed by atoms with van der Waals surface area (Å²) >= 11 is 3.71. The Morgan fingerprint density at radius 3 is 2.67 bits per heavy atom. The van der Waals surface area contributed by atoms with Gasteiger partial charge in [-0.3, -0.25) is 10.1 Å². The molecule has 1 aromatic heterocycles. The van der Waals surface area contributed by atoms with Gasteiger partial charge in [0, 0.05) is 16.2 Å². The first-order valence-corrected chi connectivity index (χ1v) is 9.29. The van der Waals surface area contributed by atoms with Crippen LogP contribution in [0.4, 0.5) is 9.52 Å². The van der Waals surface area contributed by atoms with Crippen molar-refractivity contribution in [3.8, 4) is 0 Å². The number of thiazole rings is 1. The van der Waals surface area contributed by atoms with Gasteiger partial charge in [-0.1, -0.05) is 11.3 Å². The van der Waals surface area contributed by atoms with Crippen molar-refractivity contribution in [3.05, 3.63) is 39.7 Å². The largest absolute Gasteiger partial charge is 0.298 e. The highest BCUT2D eigenvalue weighted by Crippen LogP contribution is 2.30. The Labute approximate surface area is 136 Å². The normalized spacial score (nSPS) is 11.4. The van der Waals surface area contributed by atoms with Crippen LogP contribution in [0.2, 0.25) is 0 Å². The number of carbonyl (C=O) groups excluding carboxylic acids is 1. The van der Waals surface area contributed by atoms with Crippen molar-refractivity contribution in [2.24, 2.45) is 0 Å². The molecular formula is C11H7BrClFN2O3S2. The molecule has 0 aliphatic rings. The lowest BCUT2D eigenvalue weighted by Crippen LogP contribution is -2.11. The molecule has 5 nitrogen and oxygen atoms in total. The van der Waals surface area contributed by atoms with Crippen molar-refractivity contribution in [1.82, 2.24) is 4.98 Å². The number of hydrogen-bond acceptors (Lipinski definition) is 5. The predicted octanol–water partition coefficient (Wildman–Crippen LogP) is 3.53. The first kappa shape index (κ1) is 16.3. The van der Waals surface area contributed by atoms with Gasteiger partial charge >= 0.3 is 0 Å². The van der Waals surface area contributed by atoms with Crippen LogP contribution in [0.15, 0.2) is 26.9 Å². The highest BCUT2D eigenvalue weighted by atomic mass is 79.9. The van der Waals surface area contributed by atoms with Crippen LogP contribution in [0.1, 0.15) is 16.1 Å². The fourth-order valence-corrected chi connectivity index (χ4v) is 4.06. The Bertz CT molecular complexity index is 823. The lowest BCUT2D eigenvalue weighted by molar-refractivity contribution is 0.102. The van der Waals surface area contributed by atoms with Gasteiger partial charge in [-0.25, -0.2) is 17.8 Å². The van der Waals surface area contributed by atoms with Gasteiger partial charge in [0.25, 0.3) is 15.0 Å². The summed E-state index contributed by atoms with van der Waals surface area (Å²) in [5.74, 6) is -1.18. The van der Waals surface area contributed by atoms with Gasteiger partial charge in [0.2, 0.25) is 0 Å². The summed E-state index contributed by atoms with van der Waals surface area (Å²) in [5, 5.41) is 2.47. The number of benzene rings is 1. The summed E-state index contributed by atoms with van der Waals surface area (Å²) in [6.07, 6.45) is 0. The quantitative estimate of drug-likeness (QED) is 0.781. The molecule has 2 aromatic rings. The molecule has 1 N–H and O–H groups in total. The van der Waals surface area contributed by atoms with E-state index < -0.39 is 20.8 Å². The molecule has 0 radical (unpaired) electrons. The number of halogens is 3. The Balaban J connectivity index is 2.26. The van der Waals surface area contributed by atoms with E-state index in [0.29, 0.717) is 0 Å². The van der Waals surface area contributed by atoms with Crippen LogP contribution in [-0.4, -0.2) is 19.3 Å². The maximum absolute atomic E-state index is 13.4. The topological polar surface area (TPSA) is 76.1 Å². The Hall–Kier alpha value is -1.03. The molecule has 1 amide bonds. The summed E-state index contributed by atoms with van der Waals surface area (Å²) in [6.45, 7) is 1.46. The molecule has 0 fully saturated rings. The van der Waals surface area contributed by atoms with E-state index >= 15 is 0 Å². The third kappa shape index (κ3) is 3.79. The number of aromatic nitrogens is 1. The van der Waals surface area contributed by atoms with Crippen LogP contribution >= 0.6 is 37.9 Å². The van der Waals surface area contributed by atoms with Crippen molar-refractivity contribution < 1.29 is 17.6 Å². The number of rotatable bonds is 3. The molecule has 1 aromatic carbocycles. The monoisotopic (exact) mass is 412 g/mol. The number of nitrogens with one attached hydrogen (secondary N) is 1. The molecule has 2 rings (SSSR count). The van der Waals surface area contributed by atoms with Crippen LogP contribution < -0.4 is 5.32 Å². The first-order valence-electron chi connectivity index (χ1n) is 5.37. The zero-order valence-electron chi connectivity index (χ0n) is 10.4. The van der Waals surface area contributed by atoms with Gasteiger partial charge in [-0.15, -0.1) is 0 Å². The number of carbonyl (C=O) groups is 1. The molecule has 0 unspecified atom stereocenters. The van der Waals surface area contributed by atoms with Crippen LogP contribution in [0.3, 0.4) is 0 Å². The van der Waals surface area contributed by atoms with Gasteiger partial charge in [0.15, 0.2) is 9.34 Å². The number of nitrogens with zero attached hydrogens (tertiary/aromatic N) is 1. The molecule has 1 heterocycles. The minimum Gasteiger partial charge on any atom is -0.298 e. The lowest BCUT2D eigenvalue weighted by atomic mass is 10.2. The maximum Gasteiger partial charge on any atom is 0.272 e. The first-order chi connectivity index (χ1) is 9.68. The third-order valence-corrected chi connectivity index (χ3v) is 6.27. The second-order valence-electron chi connectivity index (χ2n) is 3.91. The predicted molar refractivity (Wildman–Crippen MR) is 81.9 cm³/mol. The molecule has 0 saturated carbocycles. The summed E-state index contributed by atoms with van der Waals surface area (Å²) in [5.41, 5.74) is 0.270. The van der Waals surface area contributed by atoms with E-state index in [4.69, 9.17) is 10.7 Å². The van der Waals surface area contributed by atoms with Crippen molar-refractivity contribution in [2.45, 2.75) is 11.1 Å². The summed E-state index contributed by atoms with van der Waals surface area (Å²) in [6, 6.07) is 3.87. The number of hydrogen-bond donors (Lipinski definition) is 1. The van der Waals surface area contributed by atoms with Crippen LogP contribution in [0.5, 0.6) is 0 Å². The fraction of sp³-hybridized carbons (Fsp3) is 0.0909. The standard InChI is InChI=1S/C11H7BrClFN2O3S2/c1-5-10(21(13,18)19)20-11(15-5)16-9(17)6-2-3-7(12)8(14)4-6/h2-4H,1H3,(H,15,16,17). The van der Waals surface area contributed by atoms with E-state index in [9.17, 15) is 17.6 Å². The second kappa shape index (κ2) is 5.99. The zero-order valence-corrected chi connectivity index (χ0v) is 14.3. The smallest absolute Gasteiger partial charge is 0.272 e. The fourth-order valence-electron chi connectivity index (χ4n) is 1.47. The molecule has 0 aliphatic carbocycles. The Morgan fingerprint density at radius 2 is 2.14 bits per heavy atom. The molecule has 21 heavy (non-hydrogen) atoms. The summed E-state index contributed by atoms with van der Waals surface area (Å²) < 4.78 is 36.0. The molecular weight excluding hydrogens is 407 g/mol. The zero-order chi connectivity index (χ0) is 15.8. The van der Waals surface area contributed by atoms with Crippen molar-refractivity contribution in [1.29, 1.82) is 0 Å². The molecule has 0 bridgehead atoms. The van der Waals surface area contributed by atoms with E-state index in [1.165, 1.54) is 19.1 Å². The van der Waals surface area contributed by atoms with E-state index in [1.54, 1.807) is 0 Å². The molecule has 0 spiro atoms. The average Bonchev–Trinajstić information content (AvgIpc) is 2.73. The minimum atomic E-state index is -3.91. The van der Waals surface area contributed by atoms with E-state index in [0.717, 1.165) is 17.4 Å². The number of aryl methyl sites for hydroxylation is 1. The van der Waals surface area contributed by atoms with Crippen molar-refractivity contribution >= 4 is 58.0 Å². The van der Waals surface area contributed by atoms with E-state index in [1.807, 2.05) is 0 Å². The molecule has 10 heteroatoms. The third-order valence-electron chi connectivity index (χ3n) is 2.38. The van der Waals surface area contributed by atoms with Gasteiger partial charge in [0.1, 0.15) is 5.82 Å². The van der Waals surface area contributed by atoms with Crippen LogP contribution in [-0.2, 0) is 9.05 Å². The summed E-state index contributed by atoms with van der Waals surface area (Å²) in [4.78, 5) is 15.8. The highest BCUT2D eigenvalue weighted by Gasteiger charge is 2.20. The maximum atomic E-state index is 13.4. The SMILES string of the molecule is Cc1nc(NC(=O)c2ccc(Br)c(F)c2)sc1S(=O)(=O)Cl. The number of amides is 1. The second-order valence-corrected chi connectivity index (χ2v) is 8.53. The van der Waals surface area contributed by atoms with Crippen molar-refractivity contribution in [2.75, 3.05) is 5.32 Å².